The highest BCUT2D eigenvalue weighted by molar-refractivity contribution is 6.07. The summed E-state index contributed by atoms with van der Waals surface area (Å²) in [4.78, 5) is 39.7. The molecule has 4 amide bonds. The Morgan fingerprint density at radius 3 is 2.62 bits per heavy atom. The zero-order chi connectivity index (χ0) is 17.3. The molecule has 3 rings (SSSR count). The summed E-state index contributed by atoms with van der Waals surface area (Å²) in [6.45, 7) is 1.92. The Labute approximate surface area is 141 Å². The van der Waals surface area contributed by atoms with Crippen molar-refractivity contribution in [3.8, 4) is 0 Å². The van der Waals surface area contributed by atoms with Gasteiger partial charge in [-0.15, -0.1) is 0 Å². The third kappa shape index (κ3) is 3.26. The van der Waals surface area contributed by atoms with Crippen LogP contribution in [0.25, 0.3) is 0 Å². The van der Waals surface area contributed by atoms with E-state index in [4.69, 9.17) is 0 Å². The molecule has 1 aromatic rings. The van der Waals surface area contributed by atoms with Gasteiger partial charge in [0.05, 0.1) is 13.2 Å². The predicted octanol–water partition coefficient (Wildman–Crippen LogP) is 0.622. The minimum absolute atomic E-state index is 0.0746. The van der Waals surface area contributed by atoms with E-state index in [9.17, 15) is 14.4 Å². The van der Waals surface area contributed by atoms with Gasteiger partial charge >= 0.3 is 6.03 Å². The number of imide groups is 1. The van der Waals surface area contributed by atoms with E-state index in [0.29, 0.717) is 6.04 Å². The Balaban J connectivity index is 1.64. The van der Waals surface area contributed by atoms with Crippen LogP contribution in [0.4, 0.5) is 4.79 Å². The van der Waals surface area contributed by atoms with Crippen LogP contribution in [0, 0.1) is 0 Å². The van der Waals surface area contributed by atoms with E-state index in [2.05, 4.69) is 10.6 Å². The first kappa shape index (κ1) is 16.4. The molecular weight excluding hydrogens is 308 g/mol. The van der Waals surface area contributed by atoms with Crippen LogP contribution in [0.5, 0.6) is 0 Å². The average molecular weight is 330 g/mol. The minimum Gasteiger partial charge on any atom is -0.352 e. The van der Waals surface area contributed by atoms with E-state index in [1.54, 1.807) is 18.9 Å². The molecule has 0 spiro atoms. The Morgan fingerprint density at radius 1 is 1.33 bits per heavy atom. The van der Waals surface area contributed by atoms with Gasteiger partial charge in [0.25, 0.3) is 5.91 Å². The van der Waals surface area contributed by atoms with Gasteiger partial charge in [0.1, 0.15) is 5.54 Å². The number of benzene rings is 1. The Kier molecular flexibility index (Phi) is 4.28. The van der Waals surface area contributed by atoms with E-state index < -0.39 is 11.6 Å². The van der Waals surface area contributed by atoms with Crippen LogP contribution in [-0.4, -0.2) is 53.9 Å². The maximum Gasteiger partial charge on any atom is 0.326 e. The molecule has 0 radical (unpaired) electrons. The molecule has 7 nitrogen and oxygen atoms in total. The van der Waals surface area contributed by atoms with Gasteiger partial charge in [-0.05, 0) is 32.4 Å². The SMILES string of the molecule is CN(CC(=O)NC1CC1)CN1C(=O)N[C@@](C)(c2ccccc2)C1=O. The molecular formula is C17H22N4O3. The Hall–Kier alpha value is -2.41. The van der Waals surface area contributed by atoms with Crippen molar-refractivity contribution in [1.29, 1.82) is 0 Å². The van der Waals surface area contributed by atoms with Gasteiger partial charge in [-0.1, -0.05) is 30.3 Å². The third-order valence-corrected chi connectivity index (χ3v) is 4.36. The number of urea groups is 1. The summed E-state index contributed by atoms with van der Waals surface area (Å²) >= 11 is 0. The summed E-state index contributed by atoms with van der Waals surface area (Å²) in [6.07, 6.45) is 2.05. The Morgan fingerprint density at radius 2 is 2.00 bits per heavy atom. The van der Waals surface area contributed by atoms with E-state index in [1.807, 2.05) is 30.3 Å². The zero-order valence-electron chi connectivity index (χ0n) is 13.9. The second kappa shape index (κ2) is 6.24. The lowest BCUT2D eigenvalue weighted by atomic mass is 9.92. The van der Waals surface area contributed by atoms with Gasteiger partial charge in [-0.3, -0.25) is 14.5 Å². The fourth-order valence-electron chi connectivity index (χ4n) is 2.83. The number of nitrogens with one attached hydrogen (secondary N) is 2. The number of rotatable bonds is 6. The van der Waals surface area contributed by atoms with Crippen molar-refractivity contribution in [1.82, 2.24) is 20.4 Å². The van der Waals surface area contributed by atoms with Crippen LogP contribution in [-0.2, 0) is 15.1 Å². The fourth-order valence-corrected chi connectivity index (χ4v) is 2.83. The van der Waals surface area contributed by atoms with E-state index in [1.165, 1.54) is 0 Å². The number of hydrogen-bond acceptors (Lipinski definition) is 4. The maximum absolute atomic E-state index is 12.8. The van der Waals surface area contributed by atoms with Gasteiger partial charge in [0.2, 0.25) is 5.91 Å². The number of carbonyl (C=O) groups is 3. The lowest BCUT2D eigenvalue weighted by molar-refractivity contribution is -0.133. The lowest BCUT2D eigenvalue weighted by Gasteiger charge is -2.24. The molecule has 1 aromatic carbocycles. The number of nitrogens with zero attached hydrogens (tertiary/aromatic N) is 2. The van der Waals surface area contributed by atoms with Crippen molar-refractivity contribution in [2.75, 3.05) is 20.3 Å². The van der Waals surface area contributed by atoms with Gasteiger partial charge in [0, 0.05) is 6.04 Å². The number of likely N-dealkylation sites (N-methyl/N-ethyl adjacent to an activating group) is 1. The zero-order valence-corrected chi connectivity index (χ0v) is 13.9. The van der Waals surface area contributed by atoms with E-state index in [-0.39, 0.29) is 25.0 Å². The smallest absolute Gasteiger partial charge is 0.326 e. The van der Waals surface area contributed by atoms with Crippen molar-refractivity contribution < 1.29 is 14.4 Å². The molecule has 2 N–H and O–H groups in total. The van der Waals surface area contributed by atoms with E-state index in [0.717, 1.165) is 23.3 Å². The molecule has 0 unspecified atom stereocenters. The van der Waals surface area contributed by atoms with Crippen LogP contribution in [0.2, 0.25) is 0 Å². The molecule has 1 atom stereocenters. The summed E-state index contributed by atoms with van der Waals surface area (Å²) in [5.74, 6) is -0.397. The molecule has 24 heavy (non-hydrogen) atoms. The summed E-state index contributed by atoms with van der Waals surface area (Å²) in [5, 5.41) is 5.65. The topological polar surface area (TPSA) is 81.8 Å². The minimum atomic E-state index is -1.07. The molecule has 128 valence electrons. The third-order valence-electron chi connectivity index (χ3n) is 4.36. The second-order valence-electron chi connectivity index (χ2n) is 6.65. The number of carbonyl (C=O) groups excluding carboxylic acids is 3. The molecule has 1 aliphatic carbocycles. The second-order valence-corrected chi connectivity index (χ2v) is 6.65. The molecule has 1 saturated carbocycles. The molecule has 0 bridgehead atoms. The van der Waals surface area contributed by atoms with Crippen LogP contribution >= 0.6 is 0 Å². The summed E-state index contributed by atoms with van der Waals surface area (Å²) in [7, 11) is 1.71. The van der Waals surface area contributed by atoms with Crippen molar-refractivity contribution in [2.45, 2.75) is 31.3 Å². The first-order valence-corrected chi connectivity index (χ1v) is 8.07. The first-order valence-electron chi connectivity index (χ1n) is 8.07. The molecule has 0 aromatic heterocycles. The monoisotopic (exact) mass is 330 g/mol. The van der Waals surface area contributed by atoms with Crippen LogP contribution in [0.3, 0.4) is 0 Å². The average Bonchev–Trinajstić information content (AvgIpc) is 3.32. The highest BCUT2D eigenvalue weighted by Crippen LogP contribution is 2.28. The lowest BCUT2D eigenvalue weighted by Crippen LogP contribution is -2.45. The molecule has 1 aliphatic heterocycles. The molecule has 1 saturated heterocycles. The van der Waals surface area contributed by atoms with Gasteiger partial charge < -0.3 is 10.6 Å². The summed E-state index contributed by atoms with van der Waals surface area (Å²) in [5.41, 5.74) is -0.338. The van der Waals surface area contributed by atoms with Crippen LogP contribution in [0.1, 0.15) is 25.3 Å². The first-order chi connectivity index (χ1) is 11.4. The fraction of sp³-hybridized carbons (Fsp3) is 0.471. The van der Waals surface area contributed by atoms with Gasteiger partial charge in [0.15, 0.2) is 0 Å². The highest BCUT2D eigenvalue weighted by Gasteiger charge is 2.49. The summed E-state index contributed by atoms with van der Waals surface area (Å²) in [6, 6.07) is 9.00. The molecule has 1 heterocycles. The summed E-state index contributed by atoms with van der Waals surface area (Å²) < 4.78 is 0. The highest BCUT2D eigenvalue weighted by atomic mass is 16.2. The largest absolute Gasteiger partial charge is 0.352 e. The number of hydrogen-bond donors (Lipinski definition) is 2. The van der Waals surface area contributed by atoms with Crippen molar-refractivity contribution in [2.24, 2.45) is 0 Å². The standard InChI is InChI=1S/C17H22N4O3/c1-17(12-6-4-3-5-7-12)15(23)21(16(24)19-17)11-20(2)10-14(22)18-13-8-9-13/h3-7,13H,8-11H2,1-2H3,(H,18,22)(H,19,24)/t17-/m0/s1. The Bertz CT molecular complexity index is 659. The number of amides is 4. The van der Waals surface area contributed by atoms with E-state index >= 15 is 0 Å². The predicted molar refractivity (Wildman–Crippen MR) is 87.8 cm³/mol. The van der Waals surface area contributed by atoms with Gasteiger partial charge in [-0.2, -0.15) is 0 Å². The van der Waals surface area contributed by atoms with Crippen molar-refractivity contribution >= 4 is 17.8 Å². The molecule has 2 aliphatic rings. The molecule has 7 heteroatoms. The quantitative estimate of drug-likeness (QED) is 0.749. The normalized spacial score (nSPS) is 23.5. The van der Waals surface area contributed by atoms with Crippen molar-refractivity contribution in [3.63, 3.8) is 0 Å². The molecule has 2 fully saturated rings. The van der Waals surface area contributed by atoms with Crippen LogP contribution in [0.15, 0.2) is 30.3 Å². The maximum atomic E-state index is 12.8. The van der Waals surface area contributed by atoms with Crippen LogP contribution < -0.4 is 10.6 Å². The van der Waals surface area contributed by atoms with Gasteiger partial charge in [-0.25, -0.2) is 9.69 Å². The van der Waals surface area contributed by atoms with Crippen molar-refractivity contribution in [3.05, 3.63) is 35.9 Å².